The Morgan fingerprint density at radius 1 is 0.541 bits per heavy atom. The van der Waals surface area contributed by atoms with E-state index in [9.17, 15) is 0 Å². The summed E-state index contributed by atoms with van der Waals surface area (Å²) in [5, 5.41) is 6.07. The third-order valence-electron chi connectivity index (χ3n) is 14.1. The molecule has 2 bridgehead atoms. The van der Waals surface area contributed by atoms with Gasteiger partial charge in [-0.05, 0) is 132 Å². The van der Waals surface area contributed by atoms with Gasteiger partial charge in [-0.2, -0.15) is 0 Å². The first-order chi connectivity index (χ1) is 29.2. The molecule has 2 aliphatic rings. The molecule has 0 N–H and O–H groups in total. The van der Waals surface area contributed by atoms with Crippen LogP contribution in [0.4, 0.5) is 0 Å². The summed E-state index contributed by atoms with van der Waals surface area (Å²) in [7, 11) is -8.80. The first-order valence-electron chi connectivity index (χ1n) is 24.0. The Hall–Kier alpha value is -1.51. The molecular weight excluding hydrogens is 847 g/mol. The van der Waals surface area contributed by atoms with Gasteiger partial charge in [-0.15, -0.1) is 0 Å². The molecule has 332 valence electrons. The van der Waals surface area contributed by atoms with E-state index in [-0.39, 0.29) is 12.2 Å². The fraction of sp³-hybridized carbons (Fsp3) is 0.538. The highest BCUT2D eigenvalue weighted by atomic mass is 31.1. The Balaban J connectivity index is 1.38. The number of hydrogen-bond acceptors (Lipinski definition) is 3. The quantitative estimate of drug-likeness (QED) is 0.0988. The van der Waals surface area contributed by atoms with Crippen molar-refractivity contribution in [2.75, 3.05) is 6.16 Å². The summed E-state index contributed by atoms with van der Waals surface area (Å²) in [4.78, 5) is 0. The van der Waals surface area contributed by atoms with Crippen LogP contribution in [-0.4, -0.2) is 62.7 Å². The van der Waals surface area contributed by atoms with Crippen LogP contribution < -0.4 is 21.2 Å². The van der Waals surface area contributed by atoms with Gasteiger partial charge in [-0.25, -0.2) is 0 Å². The molecule has 3 unspecified atom stereocenters. The summed E-state index contributed by atoms with van der Waals surface area (Å²) in [6.07, 6.45) is 9.94. The fourth-order valence-corrected chi connectivity index (χ4v) is 30.7. The van der Waals surface area contributed by atoms with Crippen molar-refractivity contribution >= 4 is 70.1 Å². The van der Waals surface area contributed by atoms with Crippen LogP contribution in [0.1, 0.15) is 65.7 Å². The second-order valence-corrected chi connectivity index (χ2v) is 43.0. The maximum Gasteiger partial charge on any atom is 0.187 e. The molecule has 2 fully saturated rings. The summed E-state index contributed by atoms with van der Waals surface area (Å²) in [6, 6.07) is 55.8. The molecule has 0 amide bonds. The average Bonchev–Trinajstić information content (AvgIpc) is 3.25. The maximum absolute atomic E-state index is 7.65. The van der Waals surface area contributed by atoms with Crippen LogP contribution in [-0.2, 0) is 13.3 Å². The van der Waals surface area contributed by atoms with E-state index in [0.29, 0.717) is 5.66 Å². The Labute approximate surface area is 379 Å². The second-order valence-electron chi connectivity index (χ2n) is 20.5. The zero-order valence-corrected chi connectivity index (χ0v) is 45.3. The van der Waals surface area contributed by atoms with Crippen molar-refractivity contribution in [1.29, 1.82) is 0 Å². The van der Waals surface area contributed by atoms with Crippen molar-refractivity contribution < 1.29 is 13.3 Å². The van der Waals surface area contributed by atoms with Gasteiger partial charge >= 0.3 is 0 Å². The van der Waals surface area contributed by atoms with E-state index in [1.165, 1.54) is 102 Å². The molecule has 6 rings (SSSR count). The van der Waals surface area contributed by atoms with Gasteiger partial charge in [0.25, 0.3) is 0 Å². The lowest BCUT2D eigenvalue weighted by Crippen LogP contribution is -2.61. The van der Waals surface area contributed by atoms with Crippen LogP contribution in [0.25, 0.3) is 0 Å². The van der Waals surface area contributed by atoms with Crippen molar-refractivity contribution in [2.45, 2.75) is 171 Å². The minimum absolute atomic E-state index is 0.0692. The van der Waals surface area contributed by atoms with E-state index in [2.05, 4.69) is 181 Å². The number of benzene rings is 4. The number of rotatable bonds is 13. The molecule has 61 heavy (non-hydrogen) atoms. The zero-order valence-electron chi connectivity index (χ0n) is 39.5. The van der Waals surface area contributed by atoms with E-state index in [4.69, 9.17) is 13.3 Å². The van der Waals surface area contributed by atoms with Crippen LogP contribution in [0, 0.1) is 0 Å². The van der Waals surface area contributed by atoms with Gasteiger partial charge in [-0.1, -0.05) is 185 Å². The highest BCUT2D eigenvalue weighted by Gasteiger charge is 2.50. The van der Waals surface area contributed by atoms with E-state index in [0.717, 1.165) is 12.8 Å². The van der Waals surface area contributed by atoms with Crippen LogP contribution in [0.2, 0.25) is 81.6 Å². The van der Waals surface area contributed by atoms with E-state index in [1.807, 2.05) is 0 Å². The van der Waals surface area contributed by atoms with Crippen LogP contribution in [0.3, 0.4) is 0 Å². The zero-order chi connectivity index (χ0) is 43.6. The SMILES string of the molecule is CCC1O[Si](C)(C)CCC[Si]2(CCCC(CP(c3ccccc3)c3ccccc3)P(c3ccccc3)c3ccccc3)CCC[Si](C)(C)OC(CC)C1(C)O[Si](C)(C)CCC2. The Morgan fingerprint density at radius 2 is 0.918 bits per heavy atom. The van der Waals surface area contributed by atoms with E-state index in [1.54, 1.807) is 0 Å². The fourth-order valence-electron chi connectivity index (χ4n) is 11.1. The van der Waals surface area contributed by atoms with Crippen molar-refractivity contribution in [3.05, 3.63) is 121 Å². The molecule has 4 aromatic carbocycles. The van der Waals surface area contributed by atoms with Gasteiger partial charge in [0.05, 0.1) is 20.3 Å². The lowest BCUT2D eigenvalue weighted by molar-refractivity contribution is -0.111. The van der Waals surface area contributed by atoms with Gasteiger partial charge in [0.2, 0.25) is 0 Å². The minimum atomic E-state index is -2.06. The topological polar surface area (TPSA) is 27.7 Å². The number of hydrogen-bond donors (Lipinski definition) is 0. The first-order valence-corrected chi connectivity index (χ1v) is 39.1. The molecule has 4 aromatic rings. The summed E-state index contributed by atoms with van der Waals surface area (Å²) < 4.78 is 22.6. The van der Waals surface area contributed by atoms with Gasteiger partial charge in [0, 0.05) is 0 Å². The largest absolute Gasteiger partial charge is 0.411 e. The molecule has 2 aliphatic heterocycles. The lowest BCUT2D eigenvalue weighted by Gasteiger charge is -2.50. The summed E-state index contributed by atoms with van der Waals surface area (Å²) in [6.45, 7) is 22.1. The molecule has 0 saturated carbocycles. The normalized spacial score (nSPS) is 26.5. The molecule has 0 radical (unpaired) electrons. The molecule has 0 aliphatic carbocycles. The summed E-state index contributed by atoms with van der Waals surface area (Å²) in [5.74, 6) is 0. The average molecular weight is 928 g/mol. The highest BCUT2D eigenvalue weighted by Crippen LogP contribution is 2.50. The van der Waals surface area contributed by atoms with Gasteiger partial charge in [-0.3, -0.25) is 0 Å². The Kier molecular flexibility index (Phi) is 17.7. The molecule has 9 heteroatoms. The van der Waals surface area contributed by atoms with Crippen LogP contribution in [0.5, 0.6) is 0 Å². The molecule has 3 atom stereocenters. The molecule has 0 spiro atoms. The van der Waals surface area contributed by atoms with E-state index < -0.39 is 54.5 Å². The van der Waals surface area contributed by atoms with Gasteiger partial charge < -0.3 is 13.3 Å². The predicted octanol–water partition coefficient (Wildman–Crippen LogP) is 14.0. The first kappa shape index (κ1) is 48.9. The lowest BCUT2D eigenvalue weighted by atomic mass is 9.89. The van der Waals surface area contributed by atoms with Gasteiger partial charge in [0.1, 0.15) is 5.60 Å². The van der Waals surface area contributed by atoms with E-state index >= 15 is 0 Å². The van der Waals surface area contributed by atoms with Crippen molar-refractivity contribution in [2.24, 2.45) is 0 Å². The molecule has 2 heterocycles. The molecule has 2 saturated heterocycles. The Bertz CT molecular complexity index is 1770. The second kappa shape index (κ2) is 22.1. The van der Waals surface area contributed by atoms with Crippen LogP contribution >= 0.6 is 15.8 Å². The summed E-state index contributed by atoms with van der Waals surface area (Å²) in [5.41, 5.74) is 0.156. The molecule has 0 aromatic heterocycles. The maximum atomic E-state index is 7.65. The van der Waals surface area contributed by atoms with Crippen molar-refractivity contribution in [1.82, 2.24) is 0 Å². The smallest absolute Gasteiger partial charge is 0.187 e. The third-order valence-corrected chi connectivity index (χ3v) is 33.1. The minimum Gasteiger partial charge on any atom is -0.411 e. The van der Waals surface area contributed by atoms with Gasteiger partial charge in [0.15, 0.2) is 25.0 Å². The van der Waals surface area contributed by atoms with Crippen molar-refractivity contribution in [3.8, 4) is 0 Å². The van der Waals surface area contributed by atoms with Crippen LogP contribution in [0.15, 0.2) is 121 Å². The predicted molar refractivity (Wildman–Crippen MR) is 282 cm³/mol. The highest BCUT2D eigenvalue weighted by molar-refractivity contribution is 7.77. The standard InChI is InChI=1S/C52H80O3P2Si4/c1-10-50-52(3)51(11-2)54-59(6,7)38-26-42-61(41-25-37-58(4,5)53-50,43-27-39-60(8,9)55-52)40-24-36-49(57(47-32-20-14-21-33-47)48-34-22-15-23-35-48)44-56(45-28-16-12-17-29-45)46-30-18-13-19-31-46/h12-23,28-35,49-51H,10-11,24-27,36-44H2,1-9H3. The Morgan fingerprint density at radius 3 is 1.31 bits per heavy atom. The molecule has 3 nitrogen and oxygen atoms in total. The number of fused-ring (bicyclic) bond motifs is 6. The monoisotopic (exact) mass is 926 g/mol. The molecular formula is C52H80O3P2Si4. The van der Waals surface area contributed by atoms with Crippen molar-refractivity contribution in [3.63, 3.8) is 0 Å². The summed E-state index contributed by atoms with van der Waals surface area (Å²) >= 11 is 0. The third kappa shape index (κ3) is 13.5.